The van der Waals surface area contributed by atoms with Gasteiger partial charge in [-0.2, -0.15) is 4.80 Å². The van der Waals surface area contributed by atoms with Crippen LogP contribution < -0.4 is 5.32 Å². The Morgan fingerprint density at radius 2 is 1.78 bits per heavy atom. The molecule has 8 nitrogen and oxygen atoms in total. The lowest BCUT2D eigenvalue weighted by Crippen LogP contribution is -2.07. The number of non-ortho nitro benzene ring substituents is 1. The Morgan fingerprint density at radius 1 is 1.03 bits per heavy atom. The number of fused-ring (bicyclic) bond motifs is 1. The Kier molecular flexibility index (Phi) is 5.76. The molecule has 1 amide bonds. The zero-order valence-electron chi connectivity index (χ0n) is 17.6. The molecule has 0 aliphatic rings. The smallest absolute Gasteiger partial charge is 0.270 e. The van der Waals surface area contributed by atoms with Crippen LogP contribution in [0.25, 0.3) is 22.8 Å². The second-order valence-corrected chi connectivity index (χ2v) is 7.61. The number of carbonyl (C=O) groups excluding carboxylic acids is 1. The van der Waals surface area contributed by atoms with Crippen LogP contribution in [0.15, 0.2) is 72.8 Å². The van der Waals surface area contributed by atoms with Gasteiger partial charge < -0.3 is 5.32 Å². The molecule has 4 rings (SSSR count). The first-order valence-corrected chi connectivity index (χ1v) is 10.1. The van der Waals surface area contributed by atoms with E-state index in [4.69, 9.17) is 0 Å². The van der Waals surface area contributed by atoms with Crippen LogP contribution in [0, 0.1) is 10.1 Å². The molecule has 32 heavy (non-hydrogen) atoms. The molecule has 1 heterocycles. The Labute approximate surface area is 184 Å². The lowest BCUT2D eigenvalue weighted by molar-refractivity contribution is -0.384. The molecule has 0 spiro atoms. The Balaban J connectivity index is 1.48. The number of aromatic nitrogens is 3. The quantitative estimate of drug-likeness (QED) is 0.262. The van der Waals surface area contributed by atoms with Crippen LogP contribution in [0.5, 0.6) is 0 Å². The van der Waals surface area contributed by atoms with Gasteiger partial charge in [-0.1, -0.05) is 38.1 Å². The van der Waals surface area contributed by atoms with Crippen molar-refractivity contribution in [1.29, 1.82) is 0 Å². The average Bonchev–Trinajstić information content (AvgIpc) is 3.21. The molecule has 1 N–H and O–H groups in total. The van der Waals surface area contributed by atoms with Crippen molar-refractivity contribution in [3.63, 3.8) is 0 Å². The van der Waals surface area contributed by atoms with E-state index in [1.165, 1.54) is 29.8 Å². The lowest BCUT2D eigenvalue weighted by atomic mass is 10.0. The molecular weight excluding hydrogens is 406 g/mol. The molecule has 0 saturated heterocycles. The number of rotatable bonds is 6. The third-order valence-electron chi connectivity index (χ3n) is 4.95. The summed E-state index contributed by atoms with van der Waals surface area (Å²) in [5.74, 6) is 0.0958. The Hall–Kier alpha value is -4.33. The number of nitro groups is 1. The number of hydrogen-bond acceptors (Lipinski definition) is 5. The van der Waals surface area contributed by atoms with E-state index in [2.05, 4.69) is 41.5 Å². The first kappa shape index (κ1) is 20.9. The fourth-order valence-corrected chi connectivity index (χ4v) is 3.20. The van der Waals surface area contributed by atoms with Crippen LogP contribution in [0.4, 0.5) is 11.4 Å². The van der Waals surface area contributed by atoms with Crippen molar-refractivity contribution < 1.29 is 9.72 Å². The summed E-state index contributed by atoms with van der Waals surface area (Å²) in [6.45, 7) is 4.29. The topological polar surface area (TPSA) is 103 Å². The van der Waals surface area contributed by atoms with E-state index in [1.807, 2.05) is 12.1 Å². The fourth-order valence-electron chi connectivity index (χ4n) is 3.20. The van der Waals surface area contributed by atoms with Crippen molar-refractivity contribution >= 4 is 34.4 Å². The summed E-state index contributed by atoms with van der Waals surface area (Å²) in [6, 6.07) is 19.5. The third kappa shape index (κ3) is 4.70. The monoisotopic (exact) mass is 427 g/mol. The van der Waals surface area contributed by atoms with Crippen molar-refractivity contribution in [2.24, 2.45) is 0 Å². The first-order chi connectivity index (χ1) is 15.4. The lowest BCUT2D eigenvalue weighted by Gasteiger charge is -2.05. The standard InChI is InChI=1S/C24H21N5O3/c1-16(2)18-7-10-20(11-8-18)28-26-22-12-9-19(15-23(22)27-28)25-24(30)13-6-17-4-3-5-21(14-17)29(31)32/h3-16H,1-2H3,(H,25,30)/b13-6+. The van der Waals surface area contributed by atoms with Crippen molar-refractivity contribution in [3.05, 3.63) is 94.0 Å². The van der Waals surface area contributed by atoms with E-state index in [0.29, 0.717) is 28.2 Å². The number of nitro benzene ring substituents is 1. The van der Waals surface area contributed by atoms with Gasteiger partial charge in [-0.3, -0.25) is 14.9 Å². The highest BCUT2D eigenvalue weighted by atomic mass is 16.6. The zero-order valence-corrected chi connectivity index (χ0v) is 17.6. The van der Waals surface area contributed by atoms with Crippen LogP contribution in [0.3, 0.4) is 0 Å². The van der Waals surface area contributed by atoms with E-state index in [1.54, 1.807) is 35.1 Å². The van der Waals surface area contributed by atoms with Crippen LogP contribution in [-0.2, 0) is 4.79 Å². The molecule has 0 aliphatic carbocycles. The average molecular weight is 427 g/mol. The van der Waals surface area contributed by atoms with Crippen LogP contribution >= 0.6 is 0 Å². The van der Waals surface area contributed by atoms with E-state index in [9.17, 15) is 14.9 Å². The van der Waals surface area contributed by atoms with Gasteiger partial charge in [-0.25, -0.2) is 0 Å². The molecule has 0 radical (unpaired) electrons. The summed E-state index contributed by atoms with van der Waals surface area (Å²) < 4.78 is 0. The normalized spacial score (nSPS) is 11.3. The van der Waals surface area contributed by atoms with Gasteiger partial charge in [0.15, 0.2) is 0 Å². The minimum absolute atomic E-state index is 0.0278. The summed E-state index contributed by atoms with van der Waals surface area (Å²) in [4.78, 5) is 24.2. The molecule has 4 aromatic rings. The predicted molar refractivity (Wildman–Crippen MR) is 124 cm³/mol. The summed E-state index contributed by atoms with van der Waals surface area (Å²) in [5, 5.41) is 22.7. The SMILES string of the molecule is CC(C)c1ccc(-n2nc3ccc(NC(=O)/C=C/c4cccc([N+](=O)[O-])c4)cc3n2)cc1. The van der Waals surface area contributed by atoms with Crippen molar-refractivity contribution in [2.75, 3.05) is 5.32 Å². The number of nitrogens with zero attached hydrogens (tertiary/aromatic N) is 4. The highest BCUT2D eigenvalue weighted by molar-refractivity contribution is 6.02. The number of hydrogen-bond donors (Lipinski definition) is 1. The fraction of sp³-hybridized carbons (Fsp3) is 0.125. The summed E-state index contributed by atoms with van der Waals surface area (Å²) in [7, 11) is 0. The van der Waals surface area contributed by atoms with Gasteiger partial charge in [0.25, 0.3) is 5.69 Å². The molecule has 0 unspecified atom stereocenters. The van der Waals surface area contributed by atoms with Crippen LogP contribution in [0.2, 0.25) is 0 Å². The highest BCUT2D eigenvalue weighted by Crippen LogP contribution is 2.20. The molecule has 3 aromatic carbocycles. The summed E-state index contributed by atoms with van der Waals surface area (Å²) in [5.41, 5.74) is 4.58. The van der Waals surface area contributed by atoms with E-state index in [0.717, 1.165) is 5.69 Å². The number of carbonyl (C=O) groups is 1. The summed E-state index contributed by atoms with van der Waals surface area (Å²) in [6.07, 6.45) is 2.86. The third-order valence-corrected chi connectivity index (χ3v) is 4.95. The van der Waals surface area contributed by atoms with Gasteiger partial charge in [-0.05, 0) is 53.5 Å². The summed E-state index contributed by atoms with van der Waals surface area (Å²) >= 11 is 0. The van der Waals surface area contributed by atoms with E-state index in [-0.39, 0.29) is 11.6 Å². The van der Waals surface area contributed by atoms with Crippen LogP contribution in [0.1, 0.15) is 30.9 Å². The second kappa shape index (κ2) is 8.81. The van der Waals surface area contributed by atoms with E-state index < -0.39 is 4.92 Å². The van der Waals surface area contributed by atoms with E-state index >= 15 is 0 Å². The molecule has 0 saturated carbocycles. The van der Waals surface area contributed by atoms with Crippen molar-refractivity contribution in [2.45, 2.75) is 19.8 Å². The largest absolute Gasteiger partial charge is 0.322 e. The number of nitrogens with one attached hydrogen (secondary N) is 1. The van der Waals surface area contributed by atoms with Gasteiger partial charge in [0.1, 0.15) is 11.0 Å². The Morgan fingerprint density at radius 3 is 2.50 bits per heavy atom. The Bertz CT molecular complexity index is 1320. The molecule has 0 aliphatic heterocycles. The molecular formula is C24H21N5O3. The molecule has 8 heteroatoms. The molecule has 0 fully saturated rings. The zero-order chi connectivity index (χ0) is 22.7. The van der Waals surface area contributed by atoms with Crippen molar-refractivity contribution in [3.8, 4) is 5.69 Å². The van der Waals surface area contributed by atoms with Gasteiger partial charge in [0.05, 0.1) is 10.6 Å². The van der Waals surface area contributed by atoms with Gasteiger partial charge >= 0.3 is 0 Å². The maximum atomic E-state index is 12.3. The highest BCUT2D eigenvalue weighted by Gasteiger charge is 2.08. The predicted octanol–water partition coefficient (Wildman–Crippen LogP) is 5.10. The molecule has 160 valence electrons. The van der Waals surface area contributed by atoms with Crippen LogP contribution in [-0.4, -0.2) is 25.8 Å². The first-order valence-electron chi connectivity index (χ1n) is 10.1. The molecule has 1 aromatic heterocycles. The minimum Gasteiger partial charge on any atom is -0.322 e. The van der Waals surface area contributed by atoms with Crippen molar-refractivity contribution in [1.82, 2.24) is 15.0 Å². The second-order valence-electron chi connectivity index (χ2n) is 7.61. The number of benzene rings is 3. The number of anilines is 1. The van der Waals surface area contributed by atoms with Gasteiger partial charge in [0.2, 0.25) is 5.91 Å². The molecule has 0 bridgehead atoms. The van der Waals surface area contributed by atoms with Gasteiger partial charge in [-0.15, -0.1) is 10.2 Å². The minimum atomic E-state index is -0.474. The maximum Gasteiger partial charge on any atom is 0.270 e. The number of amides is 1. The van der Waals surface area contributed by atoms with Gasteiger partial charge in [0, 0.05) is 23.9 Å². The maximum absolute atomic E-state index is 12.3. The molecule has 0 atom stereocenters.